The molecule has 0 heterocycles. The second-order valence-electron chi connectivity index (χ2n) is 4.01. The molecule has 0 fully saturated rings. The topological polar surface area (TPSA) is 78.4 Å². The van der Waals surface area contributed by atoms with Crippen molar-refractivity contribution < 1.29 is 14.7 Å². The highest BCUT2D eigenvalue weighted by Crippen LogP contribution is 2.04. The number of carbonyl (C=O) groups is 2. The predicted octanol–water partition coefficient (Wildman–Crippen LogP) is 0.377. The first-order chi connectivity index (χ1) is 7.47. The highest BCUT2D eigenvalue weighted by molar-refractivity contribution is 5.84. The van der Waals surface area contributed by atoms with Gasteiger partial charge in [-0.25, -0.2) is 4.79 Å². The smallest absolute Gasteiger partial charge is 0.326 e. The van der Waals surface area contributed by atoms with Gasteiger partial charge >= 0.3 is 5.97 Å². The molecule has 0 aromatic heterocycles. The van der Waals surface area contributed by atoms with Crippen LogP contribution in [-0.4, -0.2) is 36.1 Å². The normalized spacial score (nSPS) is 12.2. The average molecular weight is 228 g/mol. The van der Waals surface area contributed by atoms with E-state index in [0.29, 0.717) is 13.0 Å². The van der Waals surface area contributed by atoms with Gasteiger partial charge in [0.25, 0.3) is 0 Å². The molecule has 0 unspecified atom stereocenters. The minimum atomic E-state index is -0.995. The molecule has 0 saturated heterocycles. The standard InChI is InChI=1S/C11H20N2O3/c1-4-5-12-7-10(14)13-9(11(15)16)6-8(2)3/h4,8-9,12H,1,5-7H2,2-3H3,(H,13,14)(H,15,16)/t9-/m1/s1. The van der Waals surface area contributed by atoms with Crippen molar-refractivity contribution >= 4 is 11.9 Å². The SMILES string of the molecule is C=CCNCC(=O)N[C@H](CC(C)C)C(=O)O. The summed E-state index contributed by atoms with van der Waals surface area (Å²) in [5, 5.41) is 14.2. The van der Waals surface area contributed by atoms with Crippen molar-refractivity contribution in [1.82, 2.24) is 10.6 Å². The molecule has 0 radical (unpaired) electrons. The van der Waals surface area contributed by atoms with E-state index in [-0.39, 0.29) is 18.4 Å². The molecule has 5 nitrogen and oxygen atoms in total. The maximum atomic E-state index is 11.3. The summed E-state index contributed by atoms with van der Waals surface area (Å²) in [6.07, 6.45) is 2.07. The molecule has 0 rings (SSSR count). The molecule has 0 aromatic carbocycles. The van der Waals surface area contributed by atoms with Crippen LogP contribution in [0.15, 0.2) is 12.7 Å². The Balaban J connectivity index is 4.03. The van der Waals surface area contributed by atoms with Crippen LogP contribution in [0.1, 0.15) is 20.3 Å². The minimum Gasteiger partial charge on any atom is -0.480 e. The Labute approximate surface area is 95.9 Å². The summed E-state index contributed by atoms with van der Waals surface area (Å²) in [6, 6.07) is -0.807. The number of hydrogen-bond donors (Lipinski definition) is 3. The van der Waals surface area contributed by atoms with Gasteiger partial charge in [-0.15, -0.1) is 6.58 Å². The summed E-state index contributed by atoms with van der Waals surface area (Å²) in [5.74, 6) is -1.08. The van der Waals surface area contributed by atoms with Gasteiger partial charge in [-0.1, -0.05) is 19.9 Å². The van der Waals surface area contributed by atoms with Gasteiger partial charge in [0.1, 0.15) is 6.04 Å². The Hall–Kier alpha value is -1.36. The van der Waals surface area contributed by atoms with Crippen LogP contribution in [0, 0.1) is 5.92 Å². The van der Waals surface area contributed by atoms with Gasteiger partial charge in [-0.2, -0.15) is 0 Å². The molecule has 16 heavy (non-hydrogen) atoms. The summed E-state index contributed by atoms with van der Waals surface area (Å²) < 4.78 is 0. The van der Waals surface area contributed by atoms with E-state index in [1.807, 2.05) is 13.8 Å². The first-order valence-electron chi connectivity index (χ1n) is 5.31. The third-order valence-electron chi connectivity index (χ3n) is 1.91. The first-order valence-corrected chi connectivity index (χ1v) is 5.31. The van der Waals surface area contributed by atoms with Crippen molar-refractivity contribution in [2.75, 3.05) is 13.1 Å². The number of carboxylic acid groups (broad SMARTS) is 1. The molecule has 0 bridgehead atoms. The third-order valence-corrected chi connectivity index (χ3v) is 1.91. The molecule has 0 saturated carbocycles. The van der Waals surface area contributed by atoms with Crippen LogP contribution in [0.25, 0.3) is 0 Å². The van der Waals surface area contributed by atoms with Gasteiger partial charge in [-0.3, -0.25) is 4.79 Å². The number of hydrogen-bond acceptors (Lipinski definition) is 3. The molecule has 0 aliphatic carbocycles. The van der Waals surface area contributed by atoms with E-state index >= 15 is 0 Å². The number of amides is 1. The predicted molar refractivity (Wildman–Crippen MR) is 62.1 cm³/mol. The quantitative estimate of drug-likeness (QED) is 0.414. The van der Waals surface area contributed by atoms with Gasteiger partial charge in [0, 0.05) is 6.54 Å². The van der Waals surface area contributed by atoms with Crippen molar-refractivity contribution in [3.05, 3.63) is 12.7 Å². The van der Waals surface area contributed by atoms with E-state index in [0.717, 1.165) is 0 Å². The van der Waals surface area contributed by atoms with E-state index in [2.05, 4.69) is 17.2 Å². The van der Waals surface area contributed by atoms with Gasteiger partial charge in [0.2, 0.25) is 5.91 Å². The van der Waals surface area contributed by atoms with E-state index in [1.165, 1.54) is 0 Å². The van der Waals surface area contributed by atoms with E-state index < -0.39 is 12.0 Å². The van der Waals surface area contributed by atoms with Crippen molar-refractivity contribution in [2.45, 2.75) is 26.3 Å². The lowest BCUT2D eigenvalue weighted by Crippen LogP contribution is -2.45. The number of rotatable bonds is 8. The lowest BCUT2D eigenvalue weighted by atomic mass is 10.0. The zero-order valence-corrected chi connectivity index (χ0v) is 9.82. The summed E-state index contributed by atoms with van der Waals surface area (Å²) in [6.45, 7) is 7.96. The Morgan fingerprint density at radius 3 is 2.50 bits per heavy atom. The lowest BCUT2D eigenvalue weighted by molar-refractivity contribution is -0.142. The fourth-order valence-corrected chi connectivity index (χ4v) is 1.23. The van der Waals surface area contributed by atoms with Crippen LogP contribution in [0.5, 0.6) is 0 Å². The Morgan fingerprint density at radius 2 is 2.06 bits per heavy atom. The molecule has 3 N–H and O–H groups in total. The van der Waals surface area contributed by atoms with E-state index in [1.54, 1.807) is 6.08 Å². The van der Waals surface area contributed by atoms with Crippen LogP contribution in [-0.2, 0) is 9.59 Å². The maximum Gasteiger partial charge on any atom is 0.326 e. The Kier molecular flexibility index (Phi) is 7.20. The molecule has 1 atom stereocenters. The zero-order chi connectivity index (χ0) is 12.6. The Bertz CT molecular complexity index is 252. The monoisotopic (exact) mass is 228 g/mol. The highest BCUT2D eigenvalue weighted by atomic mass is 16.4. The zero-order valence-electron chi connectivity index (χ0n) is 9.82. The molecule has 1 amide bonds. The summed E-state index contributed by atoms with van der Waals surface area (Å²) in [7, 11) is 0. The number of aliphatic carboxylic acids is 1. The van der Waals surface area contributed by atoms with Crippen LogP contribution in [0.3, 0.4) is 0 Å². The lowest BCUT2D eigenvalue weighted by Gasteiger charge is -2.16. The number of nitrogens with one attached hydrogen (secondary N) is 2. The van der Waals surface area contributed by atoms with Gasteiger partial charge < -0.3 is 15.7 Å². The molecular formula is C11H20N2O3. The van der Waals surface area contributed by atoms with Crippen LogP contribution in [0.2, 0.25) is 0 Å². The fraction of sp³-hybridized carbons (Fsp3) is 0.636. The molecule has 0 aromatic rings. The van der Waals surface area contributed by atoms with Crippen molar-refractivity contribution in [2.24, 2.45) is 5.92 Å². The molecule has 0 aliphatic rings. The van der Waals surface area contributed by atoms with Crippen molar-refractivity contribution in [1.29, 1.82) is 0 Å². The van der Waals surface area contributed by atoms with Crippen LogP contribution in [0.4, 0.5) is 0 Å². The van der Waals surface area contributed by atoms with Crippen molar-refractivity contribution in [3.8, 4) is 0 Å². The first kappa shape index (κ1) is 14.6. The molecule has 0 aliphatic heterocycles. The van der Waals surface area contributed by atoms with Gasteiger partial charge in [0.05, 0.1) is 6.54 Å². The summed E-state index contributed by atoms with van der Waals surface area (Å²) >= 11 is 0. The highest BCUT2D eigenvalue weighted by Gasteiger charge is 2.20. The third kappa shape index (κ3) is 7.00. The summed E-state index contributed by atoms with van der Waals surface area (Å²) in [5.41, 5.74) is 0. The molecule has 5 heteroatoms. The van der Waals surface area contributed by atoms with Gasteiger partial charge in [-0.05, 0) is 12.3 Å². The fourth-order valence-electron chi connectivity index (χ4n) is 1.23. The maximum absolute atomic E-state index is 11.3. The minimum absolute atomic E-state index is 0.105. The second-order valence-corrected chi connectivity index (χ2v) is 4.01. The van der Waals surface area contributed by atoms with Crippen LogP contribution >= 0.6 is 0 Å². The van der Waals surface area contributed by atoms with Gasteiger partial charge in [0.15, 0.2) is 0 Å². The summed E-state index contributed by atoms with van der Waals surface area (Å²) in [4.78, 5) is 22.2. The largest absolute Gasteiger partial charge is 0.480 e. The molecule has 92 valence electrons. The second kappa shape index (κ2) is 7.87. The number of carbonyl (C=O) groups excluding carboxylic acids is 1. The Morgan fingerprint density at radius 1 is 1.44 bits per heavy atom. The van der Waals surface area contributed by atoms with Crippen LogP contribution < -0.4 is 10.6 Å². The molecular weight excluding hydrogens is 208 g/mol. The molecule has 0 spiro atoms. The number of carboxylic acids is 1. The van der Waals surface area contributed by atoms with E-state index in [4.69, 9.17) is 5.11 Å². The average Bonchev–Trinajstić information content (AvgIpc) is 2.16. The van der Waals surface area contributed by atoms with Crippen molar-refractivity contribution in [3.63, 3.8) is 0 Å². The van der Waals surface area contributed by atoms with E-state index in [9.17, 15) is 9.59 Å².